The summed E-state index contributed by atoms with van der Waals surface area (Å²) in [5.41, 5.74) is 3.01. The van der Waals surface area contributed by atoms with Crippen LogP contribution in [0.2, 0.25) is 5.02 Å². The number of benzene rings is 1. The second-order valence-corrected chi connectivity index (χ2v) is 5.37. The van der Waals surface area contributed by atoms with Gasteiger partial charge in [-0.15, -0.1) is 0 Å². The van der Waals surface area contributed by atoms with Gasteiger partial charge in [-0.3, -0.25) is 0 Å². The molecule has 96 valence electrons. The Morgan fingerprint density at radius 2 is 2.17 bits per heavy atom. The first-order valence-corrected chi connectivity index (χ1v) is 6.97. The average Bonchev–Trinajstić information content (AvgIpc) is 2.76. The van der Waals surface area contributed by atoms with Crippen molar-refractivity contribution in [3.63, 3.8) is 0 Å². The molecule has 0 spiro atoms. The minimum absolute atomic E-state index is 0.501. The van der Waals surface area contributed by atoms with Gasteiger partial charge in [0.05, 0.1) is 13.2 Å². The lowest BCUT2D eigenvalue weighted by Gasteiger charge is -2.14. The van der Waals surface area contributed by atoms with E-state index < -0.39 is 6.10 Å². The Balaban J connectivity index is 2.23. The molecule has 0 radical (unpaired) electrons. The third-order valence-corrected chi connectivity index (χ3v) is 4.02. The third kappa shape index (κ3) is 2.86. The van der Waals surface area contributed by atoms with Gasteiger partial charge >= 0.3 is 0 Å². The first kappa shape index (κ1) is 13.4. The molecule has 0 aliphatic heterocycles. The van der Waals surface area contributed by atoms with Crippen LogP contribution in [0.15, 0.2) is 29.0 Å². The number of methoxy groups -OCH3 is 1. The summed E-state index contributed by atoms with van der Waals surface area (Å²) >= 11 is 7.58. The Hall–Kier alpha value is -1.03. The second-order valence-electron chi connectivity index (χ2n) is 4.19. The molecule has 2 nitrogen and oxygen atoms in total. The zero-order valence-corrected chi connectivity index (χ0v) is 11.9. The standard InChI is InChI=1S/C14H15ClO2S/c1-9-7-18-8-12(9)13(16)6-10-5-11(15)3-4-14(10)17-2/h3-5,7-8,13,16H,6H2,1-2H3. The Labute approximate surface area is 116 Å². The average molecular weight is 283 g/mol. The van der Waals surface area contributed by atoms with E-state index in [2.05, 4.69) is 0 Å². The topological polar surface area (TPSA) is 29.5 Å². The molecular formula is C14H15ClO2S. The van der Waals surface area contributed by atoms with Crippen LogP contribution in [0.25, 0.3) is 0 Å². The lowest BCUT2D eigenvalue weighted by atomic mass is 10.0. The quantitative estimate of drug-likeness (QED) is 0.919. The van der Waals surface area contributed by atoms with E-state index in [0.29, 0.717) is 11.4 Å². The molecular weight excluding hydrogens is 268 g/mol. The number of hydrogen-bond donors (Lipinski definition) is 1. The van der Waals surface area contributed by atoms with Crippen LogP contribution in [0.4, 0.5) is 0 Å². The molecule has 0 aliphatic rings. The van der Waals surface area contributed by atoms with Crippen LogP contribution >= 0.6 is 22.9 Å². The van der Waals surface area contributed by atoms with Crippen molar-refractivity contribution in [2.75, 3.05) is 7.11 Å². The highest BCUT2D eigenvalue weighted by Crippen LogP contribution is 2.30. The number of aryl methyl sites for hydroxylation is 1. The molecule has 0 bridgehead atoms. The molecule has 0 fully saturated rings. The largest absolute Gasteiger partial charge is 0.496 e. The van der Waals surface area contributed by atoms with E-state index in [1.54, 1.807) is 24.5 Å². The van der Waals surface area contributed by atoms with Gasteiger partial charge in [0, 0.05) is 11.4 Å². The summed E-state index contributed by atoms with van der Waals surface area (Å²) in [6, 6.07) is 5.45. The molecule has 0 amide bonds. The summed E-state index contributed by atoms with van der Waals surface area (Å²) in [6.45, 7) is 2.00. The van der Waals surface area contributed by atoms with Crippen LogP contribution < -0.4 is 4.74 Å². The number of aliphatic hydroxyl groups excluding tert-OH is 1. The van der Waals surface area contributed by atoms with E-state index in [-0.39, 0.29) is 0 Å². The lowest BCUT2D eigenvalue weighted by Crippen LogP contribution is -2.03. The predicted molar refractivity (Wildman–Crippen MR) is 75.7 cm³/mol. The SMILES string of the molecule is COc1ccc(Cl)cc1CC(O)c1cscc1C. The number of hydrogen-bond acceptors (Lipinski definition) is 3. The monoisotopic (exact) mass is 282 g/mol. The van der Waals surface area contributed by atoms with Crippen LogP contribution in [-0.2, 0) is 6.42 Å². The molecule has 0 saturated carbocycles. The normalized spacial score (nSPS) is 12.4. The van der Waals surface area contributed by atoms with Crippen molar-refractivity contribution in [3.8, 4) is 5.75 Å². The van der Waals surface area contributed by atoms with Crippen molar-refractivity contribution < 1.29 is 9.84 Å². The van der Waals surface area contributed by atoms with Crippen LogP contribution in [0.3, 0.4) is 0 Å². The first-order chi connectivity index (χ1) is 8.61. The highest BCUT2D eigenvalue weighted by molar-refractivity contribution is 7.08. The summed E-state index contributed by atoms with van der Waals surface area (Å²) in [4.78, 5) is 0. The molecule has 1 N–H and O–H groups in total. The fourth-order valence-corrected chi connectivity index (χ4v) is 3.03. The summed E-state index contributed by atoms with van der Waals surface area (Å²) in [6.07, 6.45) is -0.0231. The Morgan fingerprint density at radius 1 is 1.39 bits per heavy atom. The maximum atomic E-state index is 10.3. The van der Waals surface area contributed by atoms with Gasteiger partial charge in [0.15, 0.2) is 0 Å². The van der Waals surface area contributed by atoms with Crippen molar-refractivity contribution in [3.05, 3.63) is 50.7 Å². The Bertz CT molecular complexity index is 536. The van der Waals surface area contributed by atoms with Crippen molar-refractivity contribution in [2.45, 2.75) is 19.4 Å². The molecule has 1 aromatic carbocycles. The smallest absolute Gasteiger partial charge is 0.122 e. The Kier molecular flexibility index (Phi) is 4.27. The molecule has 1 unspecified atom stereocenters. The van der Waals surface area contributed by atoms with Crippen molar-refractivity contribution >= 4 is 22.9 Å². The molecule has 4 heteroatoms. The summed E-state index contributed by atoms with van der Waals surface area (Å²) in [5.74, 6) is 0.756. The van der Waals surface area contributed by atoms with Crippen LogP contribution in [-0.4, -0.2) is 12.2 Å². The molecule has 2 rings (SSSR count). The van der Waals surface area contributed by atoms with Gasteiger partial charge in [0.25, 0.3) is 0 Å². The van der Waals surface area contributed by atoms with Gasteiger partial charge in [0.1, 0.15) is 5.75 Å². The van der Waals surface area contributed by atoms with E-state index in [9.17, 15) is 5.11 Å². The van der Waals surface area contributed by atoms with Gasteiger partial charge < -0.3 is 9.84 Å². The first-order valence-electron chi connectivity index (χ1n) is 5.65. The minimum atomic E-state index is -0.524. The zero-order valence-electron chi connectivity index (χ0n) is 10.3. The predicted octanol–water partition coefficient (Wildman–Crippen LogP) is 3.99. The molecule has 1 heterocycles. The molecule has 2 aromatic rings. The highest BCUT2D eigenvalue weighted by atomic mass is 35.5. The van der Waals surface area contributed by atoms with Crippen LogP contribution in [0.5, 0.6) is 5.75 Å². The van der Waals surface area contributed by atoms with Gasteiger partial charge in [-0.1, -0.05) is 11.6 Å². The second kappa shape index (κ2) is 5.74. The van der Waals surface area contributed by atoms with E-state index in [4.69, 9.17) is 16.3 Å². The number of aliphatic hydroxyl groups is 1. The van der Waals surface area contributed by atoms with Gasteiger partial charge in [-0.2, -0.15) is 11.3 Å². The molecule has 1 atom stereocenters. The van der Waals surface area contributed by atoms with Crippen molar-refractivity contribution in [1.29, 1.82) is 0 Å². The highest BCUT2D eigenvalue weighted by Gasteiger charge is 2.15. The van der Waals surface area contributed by atoms with E-state index >= 15 is 0 Å². The third-order valence-electron chi connectivity index (χ3n) is 2.91. The number of rotatable bonds is 4. The summed E-state index contributed by atoms with van der Waals surface area (Å²) in [5, 5.41) is 14.9. The minimum Gasteiger partial charge on any atom is -0.496 e. The molecule has 18 heavy (non-hydrogen) atoms. The van der Waals surface area contributed by atoms with Crippen LogP contribution in [0.1, 0.15) is 22.8 Å². The number of ether oxygens (including phenoxy) is 1. The molecule has 0 aliphatic carbocycles. The number of halogens is 1. The maximum absolute atomic E-state index is 10.3. The van der Waals surface area contributed by atoms with Gasteiger partial charge in [-0.05, 0) is 52.6 Å². The number of thiophene rings is 1. The summed E-state index contributed by atoms with van der Waals surface area (Å²) in [7, 11) is 1.62. The van der Waals surface area contributed by atoms with Crippen molar-refractivity contribution in [1.82, 2.24) is 0 Å². The fraction of sp³-hybridized carbons (Fsp3) is 0.286. The molecule has 1 aromatic heterocycles. The van der Waals surface area contributed by atoms with Gasteiger partial charge in [0.2, 0.25) is 0 Å². The van der Waals surface area contributed by atoms with E-state index in [1.165, 1.54) is 0 Å². The van der Waals surface area contributed by atoms with Crippen molar-refractivity contribution in [2.24, 2.45) is 0 Å². The van der Waals surface area contributed by atoms with Crippen LogP contribution in [0, 0.1) is 6.92 Å². The zero-order chi connectivity index (χ0) is 13.1. The summed E-state index contributed by atoms with van der Waals surface area (Å²) < 4.78 is 5.28. The Morgan fingerprint density at radius 3 is 2.78 bits per heavy atom. The lowest BCUT2D eigenvalue weighted by molar-refractivity contribution is 0.177. The van der Waals surface area contributed by atoms with Gasteiger partial charge in [-0.25, -0.2) is 0 Å². The van der Waals surface area contributed by atoms with E-state index in [1.807, 2.05) is 29.8 Å². The van der Waals surface area contributed by atoms with E-state index in [0.717, 1.165) is 22.4 Å². The fourth-order valence-electron chi connectivity index (χ4n) is 1.94. The molecule has 0 saturated heterocycles. The maximum Gasteiger partial charge on any atom is 0.122 e.